The summed E-state index contributed by atoms with van der Waals surface area (Å²) in [5.41, 5.74) is 2.29. The largest absolute Gasteiger partial charge is 0.331 e. The van der Waals surface area contributed by atoms with Gasteiger partial charge in [-0.25, -0.2) is 0 Å². The second kappa shape index (κ2) is 6.93. The molecule has 3 aromatic rings. The van der Waals surface area contributed by atoms with Crippen LogP contribution in [0.1, 0.15) is 13.1 Å². The topological polar surface area (TPSA) is 38.9 Å². The number of halogens is 2. The standard InChI is InChI=1S/C14H17N5.2ClH/c1-11(17(2)3)19-7-6-12-4-5-13(8-14(12)19)18-9-15-16-10-18;;/h4-11H,1-3H3;2*1H. The third-order valence-electron chi connectivity index (χ3n) is 3.57. The van der Waals surface area contributed by atoms with Gasteiger partial charge in [0.2, 0.25) is 0 Å². The highest BCUT2D eigenvalue weighted by molar-refractivity contribution is 5.85. The molecule has 1 unspecified atom stereocenters. The van der Waals surface area contributed by atoms with E-state index in [1.54, 1.807) is 12.7 Å². The zero-order valence-corrected chi connectivity index (χ0v) is 13.8. The Hall–Kier alpha value is -1.56. The summed E-state index contributed by atoms with van der Waals surface area (Å²) in [5, 5.41) is 8.94. The van der Waals surface area contributed by atoms with E-state index in [0.717, 1.165) is 5.69 Å². The van der Waals surface area contributed by atoms with E-state index in [1.807, 2.05) is 4.57 Å². The Kier molecular flexibility index (Phi) is 5.78. The number of benzene rings is 1. The fourth-order valence-electron chi connectivity index (χ4n) is 2.21. The molecule has 3 rings (SSSR count). The van der Waals surface area contributed by atoms with Crippen molar-refractivity contribution in [3.63, 3.8) is 0 Å². The molecule has 0 fully saturated rings. The average molecular weight is 328 g/mol. The van der Waals surface area contributed by atoms with Crippen LogP contribution in [0.4, 0.5) is 0 Å². The molecule has 7 heteroatoms. The Bertz CT molecular complexity index is 691. The lowest BCUT2D eigenvalue weighted by atomic mass is 10.2. The fourth-order valence-corrected chi connectivity index (χ4v) is 2.21. The first-order chi connectivity index (χ1) is 9.16. The van der Waals surface area contributed by atoms with E-state index in [4.69, 9.17) is 0 Å². The first-order valence-electron chi connectivity index (χ1n) is 6.29. The normalized spacial score (nSPS) is 12.0. The van der Waals surface area contributed by atoms with Crippen molar-refractivity contribution in [2.24, 2.45) is 0 Å². The molecule has 0 amide bonds. The van der Waals surface area contributed by atoms with Gasteiger partial charge in [0.25, 0.3) is 0 Å². The van der Waals surface area contributed by atoms with E-state index in [1.165, 1.54) is 10.9 Å². The molecule has 0 aliphatic heterocycles. The maximum absolute atomic E-state index is 3.85. The minimum atomic E-state index is 0. The van der Waals surface area contributed by atoms with Gasteiger partial charge < -0.3 is 4.57 Å². The molecule has 0 aliphatic rings. The smallest absolute Gasteiger partial charge is 0.123 e. The van der Waals surface area contributed by atoms with E-state index < -0.39 is 0 Å². The van der Waals surface area contributed by atoms with Crippen LogP contribution >= 0.6 is 24.8 Å². The summed E-state index contributed by atoms with van der Waals surface area (Å²) in [7, 11) is 4.17. The molecule has 0 N–H and O–H groups in total. The Labute approximate surface area is 136 Å². The molecule has 21 heavy (non-hydrogen) atoms. The maximum atomic E-state index is 3.85. The summed E-state index contributed by atoms with van der Waals surface area (Å²) in [6, 6.07) is 8.52. The zero-order chi connectivity index (χ0) is 13.4. The van der Waals surface area contributed by atoms with Crippen LogP contribution in [0.5, 0.6) is 0 Å². The van der Waals surface area contributed by atoms with Crippen molar-refractivity contribution in [3.05, 3.63) is 43.1 Å². The number of hydrogen-bond donors (Lipinski definition) is 0. The van der Waals surface area contributed by atoms with Gasteiger partial charge in [0, 0.05) is 6.20 Å². The highest BCUT2D eigenvalue weighted by Gasteiger charge is 2.10. The molecule has 0 radical (unpaired) electrons. The zero-order valence-electron chi connectivity index (χ0n) is 12.2. The molecule has 2 aromatic heterocycles. The fraction of sp³-hybridized carbons (Fsp3) is 0.286. The minimum Gasteiger partial charge on any atom is -0.331 e. The van der Waals surface area contributed by atoms with E-state index in [9.17, 15) is 0 Å². The van der Waals surface area contributed by atoms with Crippen LogP contribution in [0.2, 0.25) is 0 Å². The Morgan fingerprint density at radius 3 is 2.33 bits per heavy atom. The van der Waals surface area contributed by atoms with E-state index in [0.29, 0.717) is 6.17 Å². The summed E-state index contributed by atoms with van der Waals surface area (Å²) in [6.45, 7) is 2.19. The molecule has 0 saturated carbocycles. The lowest BCUT2D eigenvalue weighted by molar-refractivity contribution is 0.244. The molecule has 1 atom stereocenters. The summed E-state index contributed by atoms with van der Waals surface area (Å²) in [6.07, 6.45) is 5.87. The molecular formula is C14H19Cl2N5. The van der Waals surface area contributed by atoms with Crippen LogP contribution in [0.3, 0.4) is 0 Å². The van der Waals surface area contributed by atoms with Gasteiger partial charge in [-0.2, -0.15) is 0 Å². The number of fused-ring (bicyclic) bond motifs is 1. The third kappa shape index (κ3) is 3.20. The predicted octanol–water partition coefficient (Wildman–Crippen LogP) is 3.15. The van der Waals surface area contributed by atoms with Gasteiger partial charge >= 0.3 is 0 Å². The molecule has 0 bridgehead atoms. The van der Waals surface area contributed by atoms with Crippen LogP contribution in [0.15, 0.2) is 43.1 Å². The highest BCUT2D eigenvalue weighted by Crippen LogP contribution is 2.23. The second-order valence-electron chi connectivity index (χ2n) is 4.93. The third-order valence-corrected chi connectivity index (χ3v) is 3.57. The van der Waals surface area contributed by atoms with Gasteiger partial charge in [-0.1, -0.05) is 6.07 Å². The highest BCUT2D eigenvalue weighted by atomic mass is 35.5. The monoisotopic (exact) mass is 327 g/mol. The van der Waals surface area contributed by atoms with Crippen LogP contribution < -0.4 is 0 Å². The molecule has 5 nitrogen and oxygen atoms in total. The lowest BCUT2D eigenvalue weighted by Gasteiger charge is -2.22. The molecule has 1 aromatic carbocycles. The maximum Gasteiger partial charge on any atom is 0.123 e. The van der Waals surface area contributed by atoms with Gasteiger partial charge in [-0.05, 0) is 44.6 Å². The SMILES string of the molecule is CC(N(C)C)n1ccc2ccc(-n3cnnc3)cc21.Cl.Cl. The second-order valence-corrected chi connectivity index (χ2v) is 4.93. The van der Waals surface area contributed by atoms with Crippen molar-refractivity contribution in [1.29, 1.82) is 0 Å². The Balaban J connectivity index is 0.00000110. The number of nitrogens with zero attached hydrogens (tertiary/aromatic N) is 5. The number of aromatic nitrogens is 4. The molecule has 0 aliphatic carbocycles. The summed E-state index contributed by atoms with van der Waals surface area (Å²) < 4.78 is 4.18. The number of hydrogen-bond acceptors (Lipinski definition) is 3. The summed E-state index contributed by atoms with van der Waals surface area (Å²) in [5.74, 6) is 0. The molecule has 0 saturated heterocycles. The lowest BCUT2D eigenvalue weighted by Crippen LogP contribution is -2.22. The minimum absolute atomic E-state index is 0. The summed E-state index contributed by atoms with van der Waals surface area (Å²) in [4.78, 5) is 2.19. The van der Waals surface area contributed by atoms with Crippen molar-refractivity contribution in [3.8, 4) is 5.69 Å². The molecule has 2 heterocycles. The van der Waals surface area contributed by atoms with Crippen molar-refractivity contribution >= 4 is 35.7 Å². The Morgan fingerprint density at radius 1 is 1.05 bits per heavy atom. The van der Waals surface area contributed by atoms with Crippen molar-refractivity contribution in [2.45, 2.75) is 13.1 Å². The van der Waals surface area contributed by atoms with Crippen molar-refractivity contribution in [1.82, 2.24) is 24.2 Å². The van der Waals surface area contributed by atoms with E-state index in [2.05, 4.69) is 71.1 Å². The molecular weight excluding hydrogens is 309 g/mol. The van der Waals surface area contributed by atoms with Crippen LogP contribution in [0, 0.1) is 0 Å². The first-order valence-corrected chi connectivity index (χ1v) is 6.29. The quantitative estimate of drug-likeness (QED) is 0.741. The Morgan fingerprint density at radius 2 is 1.71 bits per heavy atom. The van der Waals surface area contributed by atoms with Gasteiger partial charge in [0.1, 0.15) is 12.7 Å². The van der Waals surface area contributed by atoms with Gasteiger partial charge in [0.15, 0.2) is 0 Å². The van der Waals surface area contributed by atoms with Crippen molar-refractivity contribution < 1.29 is 0 Å². The van der Waals surface area contributed by atoms with E-state index in [-0.39, 0.29) is 24.8 Å². The van der Waals surface area contributed by atoms with E-state index >= 15 is 0 Å². The van der Waals surface area contributed by atoms with Crippen LogP contribution in [0.25, 0.3) is 16.6 Å². The van der Waals surface area contributed by atoms with Crippen molar-refractivity contribution in [2.75, 3.05) is 14.1 Å². The van der Waals surface area contributed by atoms with Gasteiger partial charge in [-0.15, -0.1) is 35.0 Å². The summed E-state index contributed by atoms with van der Waals surface area (Å²) >= 11 is 0. The molecule has 114 valence electrons. The average Bonchev–Trinajstić information content (AvgIpc) is 3.06. The predicted molar refractivity (Wildman–Crippen MR) is 89.7 cm³/mol. The molecule has 0 spiro atoms. The first kappa shape index (κ1) is 17.5. The van der Waals surface area contributed by atoms with Gasteiger partial charge in [-0.3, -0.25) is 9.47 Å². The van der Waals surface area contributed by atoms with Crippen LogP contribution in [-0.4, -0.2) is 38.3 Å². The van der Waals surface area contributed by atoms with Crippen LogP contribution in [-0.2, 0) is 0 Å². The van der Waals surface area contributed by atoms with Gasteiger partial charge in [0.05, 0.1) is 17.4 Å². The number of rotatable bonds is 3.